The Morgan fingerprint density at radius 2 is 1.53 bits per heavy atom. The molecule has 0 saturated heterocycles. The Kier molecular flexibility index (Phi) is 5.48. The average Bonchev–Trinajstić information content (AvgIpc) is 3.45. The molecule has 32 heavy (non-hydrogen) atoms. The summed E-state index contributed by atoms with van der Waals surface area (Å²) in [6.45, 7) is 7.08. The molecule has 0 atom stereocenters. The van der Waals surface area contributed by atoms with E-state index in [4.69, 9.17) is 9.15 Å². The molecule has 166 valence electrons. The highest BCUT2D eigenvalue weighted by Gasteiger charge is 2.30. The summed E-state index contributed by atoms with van der Waals surface area (Å²) in [5.74, 6) is -0.215. The van der Waals surface area contributed by atoms with Crippen molar-refractivity contribution >= 4 is 5.97 Å². The Morgan fingerprint density at radius 1 is 0.906 bits per heavy atom. The number of esters is 1. The maximum absolute atomic E-state index is 12.6. The van der Waals surface area contributed by atoms with E-state index in [-0.39, 0.29) is 17.2 Å². The summed E-state index contributed by atoms with van der Waals surface area (Å²) >= 11 is 0. The second kappa shape index (κ2) is 8.26. The monoisotopic (exact) mass is 436 g/mol. The van der Waals surface area contributed by atoms with Gasteiger partial charge in [0.2, 0.25) is 0 Å². The first kappa shape index (κ1) is 21.2. The molecular formula is C23H24N4O5. The zero-order valence-corrected chi connectivity index (χ0v) is 18.2. The van der Waals surface area contributed by atoms with Crippen molar-refractivity contribution in [2.75, 3.05) is 0 Å². The van der Waals surface area contributed by atoms with Gasteiger partial charge in [0, 0.05) is 17.0 Å². The number of aromatic nitrogens is 4. The van der Waals surface area contributed by atoms with Crippen molar-refractivity contribution in [3.63, 3.8) is 0 Å². The molecule has 0 spiro atoms. The van der Waals surface area contributed by atoms with Crippen LogP contribution in [0.1, 0.15) is 58.4 Å². The number of ether oxygens (including phenoxy) is 1. The highest BCUT2D eigenvalue weighted by molar-refractivity contribution is 5.90. The second-order valence-electron chi connectivity index (χ2n) is 7.91. The lowest BCUT2D eigenvalue weighted by molar-refractivity contribution is 0.0378. The van der Waals surface area contributed by atoms with Crippen molar-refractivity contribution < 1.29 is 13.9 Å². The fourth-order valence-electron chi connectivity index (χ4n) is 3.78. The summed E-state index contributed by atoms with van der Waals surface area (Å²) in [6, 6.07) is 10.4. The molecule has 0 fully saturated rings. The van der Waals surface area contributed by atoms with Crippen LogP contribution in [0.15, 0.2) is 50.4 Å². The number of furan rings is 1. The number of nitrogens with one attached hydrogen (secondary N) is 4. The first-order valence-electron chi connectivity index (χ1n) is 10.2. The lowest BCUT2D eigenvalue weighted by Crippen LogP contribution is -2.19. The maximum atomic E-state index is 12.6. The molecule has 0 saturated carbocycles. The quantitative estimate of drug-likeness (QED) is 0.344. The largest absolute Gasteiger partial charge is 0.460 e. The zero-order valence-electron chi connectivity index (χ0n) is 18.2. The van der Waals surface area contributed by atoms with Gasteiger partial charge >= 0.3 is 5.97 Å². The van der Waals surface area contributed by atoms with Gasteiger partial charge in [-0.15, -0.1) is 0 Å². The molecule has 9 heteroatoms. The van der Waals surface area contributed by atoms with E-state index < -0.39 is 11.9 Å². The molecule has 4 aromatic rings. The van der Waals surface area contributed by atoms with Crippen LogP contribution >= 0.6 is 0 Å². The van der Waals surface area contributed by atoms with Crippen molar-refractivity contribution in [2.24, 2.45) is 0 Å². The number of hydrogen-bond acceptors (Lipinski definition) is 5. The van der Waals surface area contributed by atoms with E-state index in [1.165, 1.54) is 0 Å². The molecule has 3 aromatic heterocycles. The Morgan fingerprint density at radius 3 is 2.06 bits per heavy atom. The summed E-state index contributed by atoms with van der Waals surface area (Å²) in [6.07, 6.45) is -0.229. The van der Waals surface area contributed by atoms with E-state index in [1.807, 2.05) is 6.07 Å². The van der Waals surface area contributed by atoms with Crippen molar-refractivity contribution in [1.29, 1.82) is 0 Å². The Labute approximate surface area is 182 Å². The van der Waals surface area contributed by atoms with Crippen LogP contribution in [0.3, 0.4) is 0 Å². The van der Waals surface area contributed by atoms with Crippen LogP contribution in [0.4, 0.5) is 0 Å². The average molecular weight is 436 g/mol. The predicted molar refractivity (Wildman–Crippen MR) is 118 cm³/mol. The van der Waals surface area contributed by atoms with E-state index in [1.54, 1.807) is 58.0 Å². The lowest BCUT2D eigenvalue weighted by Gasteiger charge is -2.12. The Balaban J connectivity index is 1.79. The molecule has 1 aromatic carbocycles. The van der Waals surface area contributed by atoms with E-state index >= 15 is 0 Å². The van der Waals surface area contributed by atoms with Gasteiger partial charge in [0.1, 0.15) is 11.5 Å². The summed E-state index contributed by atoms with van der Waals surface area (Å²) in [7, 11) is 0. The zero-order chi connectivity index (χ0) is 23.0. The van der Waals surface area contributed by atoms with Gasteiger partial charge in [-0.25, -0.2) is 4.79 Å². The van der Waals surface area contributed by atoms with Crippen molar-refractivity contribution in [3.8, 4) is 11.3 Å². The minimum Gasteiger partial charge on any atom is -0.460 e. The smallest absolute Gasteiger partial charge is 0.338 e. The normalized spacial score (nSPS) is 11.4. The number of H-pyrrole nitrogens is 4. The SMILES string of the molecule is Cc1[nH][nH]c(=O)c1C(c1ccc(-c2cccc(C(=O)OC(C)C)c2)o1)c1c(C)[nH][nH]c1=O. The lowest BCUT2D eigenvalue weighted by atomic mass is 9.89. The van der Waals surface area contributed by atoms with Gasteiger partial charge < -0.3 is 19.4 Å². The van der Waals surface area contributed by atoms with Crippen LogP contribution in [0.5, 0.6) is 0 Å². The highest BCUT2D eigenvalue weighted by Crippen LogP contribution is 2.34. The number of rotatable bonds is 6. The minimum absolute atomic E-state index is 0.229. The molecule has 0 aliphatic carbocycles. The van der Waals surface area contributed by atoms with Gasteiger partial charge in [-0.1, -0.05) is 12.1 Å². The third kappa shape index (κ3) is 3.84. The number of carbonyl (C=O) groups excluding carboxylic acids is 1. The first-order valence-corrected chi connectivity index (χ1v) is 10.2. The summed E-state index contributed by atoms with van der Waals surface area (Å²) in [5.41, 5.74) is 2.43. The highest BCUT2D eigenvalue weighted by atomic mass is 16.5. The van der Waals surface area contributed by atoms with E-state index in [2.05, 4.69) is 20.4 Å². The van der Waals surface area contributed by atoms with Crippen molar-refractivity contribution in [2.45, 2.75) is 39.7 Å². The van der Waals surface area contributed by atoms with E-state index in [0.717, 1.165) is 0 Å². The molecule has 0 aliphatic heterocycles. The third-order valence-corrected chi connectivity index (χ3v) is 5.24. The minimum atomic E-state index is -0.720. The molecule has 0 aliphatic rings. The second-order valence-corrected chi connectivity index (χ2v) is 7.91. The number of aryl methyl sites for hydroxylation is 2. The molecule has 0 unspecified atom stereocenters. The molecule has 0 radical (unpaired) electrons. The van der Waals surface area contributed by atoms with Crippen LogP contribution in [0, 0.1) is 13.8 Å². The molecule has 4 N–H and O–H groups in total. The summed E-state index contributed by atoms with van der Waals surface area (Å²) in [5, 5.41) is 10.7. The summed E-state index contributed by atoms with van der Waals surface area (Å²) < 4.78 is 11.4. The molecule has 3 heterocycles. The molecular weight excluding hydrogens is 412 g/mol. The predicted octanol–water partition coefficient (Wildman–Crippen LogP) is 3.34. The van der Waals surface area contributed by atoms with Crippen molar-refractivity contribution in [3.05, 3.63) is 90.9 Å². The van der Waals surface area contributed by atoms with E-state index in [0.29, 0.717) is 45.2 Å². The van der Waals surface area contributed by atoms with Crippen molar-refractivity contribution in [1.82, 2.24) is 20.4 Å². The number of carbonyl (C=O) groups is 1. The standard InChI is InChI=1S/C23H24N4O5/c1-11(2)31-23(30)15-7-5-6-14(10-15)16-8-9-17(32-16)20(18-12(3)24-26-21(18)28)19-13(4)25-27-22(19)29/h5-11,20H,1-4H3,(H2,24,26,28)(H2,25,27,29). The summed E-state index contributed by atoms with van der Waals surface area (Å²) in [4.78, 5) is 37.4. The van der Waals surface area contributed by atoms with Gasteiger partial charge in [-0.05, 0) is 52.0 Å². The van der Waals surface area contributed by atoms with Crippen LogP contribution in [-0.2, 0) is 4.74 Å². The number of aromatic amines is 4. The van der Waals surface area contributed by atoms with Gasteiger partial charge in [-0.3, -0.25) is 19.8 Å². The maximum Gasteiger partial charge on any atom is 0.338 e. The van der Waals surface area contributed by atoms with Gasteiger partial charge in [-0.2, -0.15) is 0 Å². The number of hydrogen-bond donors (Lipinski definition) is 4. The van der Waals surface area contributed by atoms with Gasteiger partial charge in [0.05, 0.1) is 28.7 Å². The Hall–Kier alpha value is -4.01. The van der Waals surface area contributed by atoms with Crippen LogP contribution in [-0.4, -0.2) is 32.5 Å². The molecule has 0 amide bonds. The van der Waals surface area contributed by atoms with Gasteiger partial charge in [0.25, 0.3) is 11.1 Å². The molecule has 4 rings (SSSR count). The topological polar surface area (TPSA) is 137 Å². The molecule has 9 nitrogen and oxygen atoms in total. The first-order chi connectivity index (χ1) is 15.3. The molecule has 0 bridgehead atoms. The number of benzene rings is 1. The third-order valence-electron chi connectivity index (χ3n) is 5.24. The Bertz CT molecular complexity index is 1330. The van der Waals surface area contributed by atoms with E-state index in [9.17, 15) is 14.4 Å². The van der Waals surface area contributed by atoms with Crippen LogP contribution in [0.25, 0.3) is 11.3 Å². The van der Waals surface area contributed by atoms with Crippen LogP contribution in [0.2, 0.25) is 0 Å². The fraction of sp³-hybridized carbons (Fsp3) is 0.261. The fourth-order valence-corrected chi connectivity index (χ4v) is 3.78. The van der Waals surface area contributed by atoms with Gasteiger partial charge in [0.15, 0.2) is 0 Å². The van der Waals surface area contributed by atoms with Crippen LogP contribution < -0.4 is 11.1 Å².